The molecule has 1 aliphatic rings. The Bertz CT molecular complexity index is 330. The first-order valence-corrected chi connectivity index (χ1v) is 5.56. The monoisotopic (exact) mass is 205 g/mol. The number of aryl methyl sites for hydroxylation is 1. The molecule has 0 spiro atoms. The second kappa shape index (κ2) is 4.64. The average Bonchev–Trinajstić information content (AvgIpc) is 2.30. The van der Waals surface area contributed by atoms with Gasteiger partial charge in [0.05, 0.1) is 0 Å². The van der Waals surface area contributed by atoms with Gasteiger partial charge in [-0.3, -0.25) is 0 Å². The first-order chi connectivity index (χ1) is 7.31. The van der Waals surface area contributed by atoms with Crippen LogP contribution >= 0.6 is 0 Å². The summed E-state index contributed by atoms with van der Waals surface area (Å²) in [6.45, 7) is 7.15. The largest absolute Gasteiger partial charge is 0.369 e. The van der Waals surface area contributed by atoms with Crippen molar-refractivity contribution in [1.29, 1.82) is 0 Å². The third kappa shape index (κ3) is 2.30. The average molecular weight is 205 g/mol. The zero-order chi connectivity index (χ0) is 10.7. The van der Waals surface area contributed by atoms with Crippen molar-refractivity contribution in [2.75, 3.05) is 31.1 Å². The highest BCUT2D eigenvalue weighted by Crippen LogP contribution is 2.21. The molecule has 0 radical (unpaired) electrons. The predicted molar refractivity (Wildman–Crippen MR) is 64.2 cm³/mol. The van der Waals surface area contributed by atoms with E-state index in [4.69, 9.17) is 5.73 Å². The summed E-state index contributed by atoms with van der Waals surface area (Å²) >= 11 is 0. The van der Waals surface area contributed by atoms with Crippen LogP contribution in [0, 0.1) is 6.92 Å². The topological polar surface area (TPSA) is 41.3 Å². The van der Waals surface area contributed by atoms with Gasteiger partial charge in [0.25, 0.3) is 0 Å². The van der Waals surface area contributed by atoms with Crippen molar-refractivity contribution in [3.63, 3.8) is 0 Å². The van der Waals surface area contributed by atoms with E-state index in [0.29, 0.717) is 6.54 Å². The van der Waals surface area contributed by atoms with E-state index in [9.17, 15) is 0 Å². The summed E-state index contributed by atoms with van der Waals surface area (Å²) in [4.78, 5) is 2.44. The van der Waals surface area contributed by atoms with Crippen LogP contribution < -0.4 is 16.0 Å². The Morgan fingerprint density at radius 3 is 2.67 bits per heavy atom. The molecular formula is C12H19N3. The fourth-order valence-corrected chi connectivity index (χ4v) is 2.11. The maximum absolute atomic E-state index is 5.62. The summed E-state index contributed by atoms with van der Waals surface area (Å²) in [6, 6.07) is 6.52. The molecule has 1 aromatic rings. The molecule has 1 aromatic carbocycles. The molecule has 1 heterocycles. The predicted octanol–water partition coefficient (Wildman–Crippen LogP) is 0.863. The first kappa shape index (κ1) is 10.5. The van der Waals surface area contributed by atoms with Gasteiger partial charge in [0.15, 0.2) is 0 Å². The minimum Gasteiger partial charge on any atom is -0.369 e. The Labute approximate surface area is 91.3 Å². The third-order valence-electron chi connectivity index (χ3n) is 2.95. The van der Waals surface area contributed by atoms with Gasteiger partial charge in [0, 0.05) is 38.4 Å². The van der Waals surface area contributed by atoms with E-state index >= 15 is 0 Å². The molecule has 1 aliphatic heterocycles. The molecule has 2 rings (SSSR count). The van der Waals surface area contributed by atoms with E-state index in [-0.39, 0.29) is 0 Å². The van der Waals surface area contributed by atoms with E-state index in [0.717, 1.165) is 26.2 Å². The van der Waals surface area contributed by atoms with Gasteiger partial charge in [-0.1, -0.05) is 12.1 Å². The normalized spacial score (nSPS) is 16.8. The zero-order valence-electron chi connectivity index (χ0n) is 9.29. The lowest BCUT2D eigenvalue weighted by Crippen LogP contribution is -2.43. The molecule has 1 saturated heterocycles. The molecule has 0 amide bonds. The lowest BCUT2D eigenvalue weighted by atomic mass is 10.1. The number of hydrogen-bond acceptors (Lipinski definition) is 3. The molecule has 0 saturated carbocycles. The van der Waals surface area contributed by atoms with Crippen LogP contribution in [0.5, 0.6) is 0 Å². The Hall–Kier alpha value is -1.06. The lowest BCUT2D eigenvalue weighted by molar-refractivity contribution is 0.588. The number of piperazine rings is 1. The zero-order valence-corrected chi connectivity index (χ0v) is 9.29. The number of benzene rings is 1. The highest BCUT2D eigenvalue weighted by atomic mass is 15.2. The second-order valence-electron chi connectivity index (χ2n) is 4.06. The Kier molecular flexibility index (Phi) is 3.23. The van der Waals surface area contributed by atoms with Crippen molar-refractivity contribution in [2.24, 2.45) is 5.73 Å². The summed E-state index contributed by atoms with van der Waals surface area (Å²) < 4.78 is 0. The van der Waals surface area contributed by atoms with Gasteiger partial charge in [-0.15, -0.1) is 0 Å². The SMILES string of the molecule is Cc1cc(CN)ccc1N1CCNCC1. The Balaban J connectivity index is 2.19. The molecular weight excluding hydrogens is 186 g/mol. The number of nitrogens with two attached hydrogens (primary N) is 1. The van der Waals surface area contributed by atoms with E-state index < -0.39 is 0 Å². The summed E-state index contributed by atoms with van der Waals surface area (Å²) in [7, 11) is 0. The summed E-state index contributed by atoms with van der Waals surface area (Å²) in [5, 5.41) is 3.36. The summed E-state index contributed by atoms with van der Waals surface area (Å²) in [5.41, 5.74) is 9.53. The van der Waals surface area contributed by atoms with Crippen LogP contribution in [-0.2, 0) is 6.54 Å². The smallest absolute Gasteiger partial charge is 0.0397 e. The molecule has 82 valence electrons. The van der Waals surface area contributed by atoms with Gasteiger partial charge in [-0.05, 0) is 24.1 Å². The molecule has 0 aromatic heterocycles. The molecule has 0 atom stereocenters. The third-order valence-corrected chi connectivity index (χ3v) is 2.95. The first-order valence-electron chi connectivity index (χ1n) is 5.56. The highest BCUT2D eigenvalue weighted by Gasteiger charge is 2.12. The van der Waals surface area contributed by atoms with Gasteiger partial charge >= 0.3 is 0 Å². The molecule has 3 N–H and O–H groups in total. The van der Waals surface area contributed by atoms with Gasteiger partial charge < -0.3 is 16.0 Å². The van der Waals surface area contributed by atoms with Crippen LogP contribution in [0.4, 0.5) is 5.69 Å². The maximum Gasteiger partial charge on any atom is 0.0397 e. The Morgan fingerprint density at radius 2 is 2.07 bits per heavy atom. The van der Waals surface area contributed by atoms with Crippen LogP contribution in [-0.4, -0.2) is 26.2 Å². The molecule has 0 unspecified atom stereocenters. The number of nitrogens with one attached hydrogen (secondary N) is 1. The fraction of sp³-hybridized carbons (Fsp3) is 0.500. The minimum absolute atomic E-state index is 0.628. The van der Waals surface area contributed by atoms with Crippen LogP contribution in [0.15, 0.2) is 18.2 Å². The van der Waals surface area contributed by atoms with Gasteiger partial charge in [-0.2, -0.15) is 0 Å². The van der Waals surface area contributed by atoms with Crippen LogP contribution in [0.2, 0.25) is 0 Å². The fourth-order valence-electron chi connectivity index (χ4n) is 2.11. The van der Waals surface area contributed by atoms with Crippen molar-refractivity contribution in [1.82, 2.24) is 5.32 Å². The van der Waals surface area contributed by atoms with Crippen molar-refractivity contribution in [3.05, 3.63) is 29.3 Å². The van der Waals surface area contributed by atoms with Crippen molar-refractivity contribution >= 4 is 5.69 Å². The van der Waals surface area contributed by atoms with Crippen molar-refractivity contribution < 1.29 is 0 Å². The minimum atomic E-state index is 0.628. The van der Waals surface area contributed by atoms with Gasteiger partial charge in [0.1, 0.15) is 0 Å². The second-order valence-corrected chi connectivity index (χ2v) is 4.06. The maximum atomic E-state index is 5.62. The van der Waals surface area contributed by atoms with E-state index in [2.05, 4.69) is 35.3 Å². The van der Waals surface area contributed by atoms with Crippen molar-refractivity contribution in [3.8, 4) is 0 Å². The molecule has 0 bridgehead atoms. The Morgan fingerprint density at radius 1 is 1.33 bits per heavy atom. The van der Waals surface area contributed by atoms with Gasteiger partial charge in [0.2, 0.25) is 0 Å². The molecule has 1 fully saturated rings. The lowest BCUT2D eigenvalue weighted by Gasteiger charge is -2.30. The standard InChI is InChI=1S/C12H19N3/c1-10-8-11(9-13)2-3-12(10)15-6-4-14-5-7-15/h2-3,8,14H,4-7,9,13H2,1H3. The highest BCUT2D eigenvalue weighted by molar-refractivity contribution is 5.54. The van der Waals surface area contributed by atoms with Crippen LogP contribution in [0.3, 0.4) is 0 Å². The van der Waals surface area contributed by atoms with E-state index in [1.807, 2.05) is 0 Å². The molecule has 0 aliphatic carbocycles. The number of rotatable bonds is 2. The van der Waals surface area contributed by atoms with E-state index in [1.165, 1.54) is 16.8 Å². The number of hydrogen-bond donors (Lipinski definition) is 2. The number of nitrogens with zero attached hydrogens (tertiary/aromatic N) is 1. The van der Waals surface area contributed by atoms with Gasteiger partial charge in [-0.25, -0.2) is 0 Å². The molecule has 15 heavy (non-hydrogen) atoms. The summed E-state index contributed by atoms with van der Waals surface area (Å²) in [6.07, 6.45) is 0. The molecule has 3 heteroatoms. The molecule has 3 nitrogen and oxygen atoms in total. The van der Waals surface area contributed by atoms with E-state index in [1.54, 1.807) is 0 Å². The van der Waals surface area contributed by atoms with Crippen LogP contribution in [0.1, 0.15) is 11.1 Å². The number of anilines is 1. The quantitative estimate of drug-likeness (QED) is 0.752. The van der Waals surface area contributed by atoms with Crippen LogP contribution in [0.25, 0.3) is 0 Å². The summed E-state index contributed by atoms with van der Waals surface area (Å²) in [5.74, 6) is 0. The van der Waals surface area contributed by atoms with Crippen molar-refractivity contribution in [2.45, 2.75) is 13.5 Å².